The summed E-state index contributed by atoms with van der Waals surface area (Å²) < 4.78 is 5.53. The molecule has 116 valence electrons. The van der Waals surface area contributed by atoms with Crippen LogP contribution in [0.5, 0.6) is 0 Å². The van der Waals surface area contributed by atoms with Crippen molar-refractivity contribution < 1.29 is 4.52 Å². The van der Waals surface area contributed by atoms with Gasteiger partial charge in [-0.3, -0.25) is 0 Å². The highest BCUT2D eigenvalue weighted by atomic mass is 16.5. The van der Waals surface area contributed by atoms with Gasteiger partial charge in [-0.05, 0) is 62.7 Å². The molecule has 0 unspecified atom stereocenters. The van der Waals surface area contributed by atoms with E-state index in [0.717, 1.165) is 42.8 Å². The van der Waals surface area contributed by atoms with Crippen molar-refractivity contribution in [2.75, 3.05) is 0 Å². The largest absolute Gasteiger partial charge is 0.338 e. The van der Waals surface area contributed by atoms with Crippen molar-refractivity contribution in [3.05, 3.63) is 11.7 Å². The fourth-order valence-corrected chi connectivity index (χ4v) is 5.53. The third-order valence-corrected chi connectivity index (χ3v) is 6.14. The van der Waals surface area contributed by atoms with Gasteiger partial charge in [-0.2, -0.15) is 4.98 Å². The fourth-order valence-electron chi connectivity index (χ4n) is 5.53. The maximum atomic E-state index is 6.19. The maximum absolute atomic E-state index is 6.19. The molecule has 0 saturated heterocycles. The van der Waals surface area contributed by atoms with Gasteiger partial charge in [-0.25, -0.2) is 0 Å². The first-order chi connectivity index (χ1) is 10.2. The minimum Gasteiger partial charge on any atom is -0.338 e. The van der Waals surface area contributed by atoms with Gasteiger partial charge in [0.05, 0.1) is 6.04 Å². The Bertz CT molecular complexity index is 475. The quantitative estimate of drug-likeness (QED) is 0.897. The Balaban J connectivity index is 1.55. The van der Waals surface area contributed by atoms with Crippen LogP contribution in [0.3, 0.4) is 0 Å². The van der Waals surface area contributed by atoms with E-state index in [1.807, 2.05) is 0 Å². The van der Waals surface area contributed by atoms with E-state index in [9.17, 15) is 0 Å². The van der Waals surface area contributed by atoms with E-state index >= 15 is 0 Å². The molecule has 4 bridgehead atoms. The van der Waals surface area contributed by atoms with Crippen LogP contribution in [0.25, 0.3) is 0 Å². The molecule has 1 aromatic rings. The molecule has 1 aromatic heterocycles. The molecule has 4 aliphatic rings. The second-order valence-electron chi connectivity index (χ2n) is 7.90. The summed E-state index contributed by atoms with van der Waals surface area (Å²) in [6, 6.07) is -0.0832. The van der Waals surface area contributed by atoms with Gasteiger partial charge in [-0.15, -0.1) is 0 Å². The van der Waals surface area contributed by atoms with Crippen molar-refractivity contribution in [3.63, 3.8) is 0 Å². The normalized spacial score (nSPS) is 38.9. The predicted molar refractivity (Wildman–Crippen MR) is 80.6 cm³/mol. The van der Waals surface area contributed by atoms with Crippen LogP contribution in [0.1, 0.15) is 82.5 Å². The summed E-state index contributed by atoms with van der Waals surface area (Å²) in [5, 5.41) is 4.37. The summed E-state index contributed by atoms with van der Waals surface area (Å²) in [4.78, 5) is 4.75. The minimum atomic E-state index is -0.0832. The zero-order valence-corrected chi connectivity index (χ0v) is 13.1. The lowest BCUT2D eigenvalue weighted by molar-refractivity contribution is -0.0103. The van der Waals surface area contributed by atoms with E-state index in [4.69, 9.17) is 15.2 Å². The van der Waals surface area contributed by atoms with Crippen LogP contribution < -0.4 is 5.73 Å². The lowest BCUT2D eigenvalue weighted by Crippen LogP contribution is -2.49. The SMILES string of the molecule is CCCC[C@H](N)c1nc(C23CC4CC(CC(C4)C2)C3)no1. The van der Waals surface area contributed by atoms with Gasteiger partial charge in [0.2, 0.25) is 5.89 Å². The van der Waals surface area contributed by atoms with Crippen LogP contribution in [0.4, 0.5) is 0 Å². The van der Waals surface area contributed by atoms with Gasteiger partial charge in [0, 0.05) is 5.41 Å². The predicted octanol–water partition coefficient (Wildman–Crippen LogP) is 3.73. The first-order valence-corrected chi connectivity index (χ1v) is 8.78. The monoisotopic (exact) mass is 289 g/mol. The highest BCUT2D eigenvalue weighted by molar-refractivity contribution is 5.16. The minimum absolute atomic E-state index is 0.0832. The summed E-state index contributed by atoms with van der Waals surface area (Å²) in [6.07, 6.45) is 11.4. The molecule has 0 aliphatic heterocycles. The maximum Gasteiger partial charge on any atom is 0.243 e. The van der Waals surface area contributed by atoms with Gasteiger partial charge in [0.1, 0.15) is 0 Å². The number of unbranched alkanes of at least 4 members (excludes halogenated alkanes) is 1. The molecule has 1 heterocycles. The number of nitrogens with two attached hydrogens (primary N) is 1. The molecular weight excluding hydrogens is 262 g/mol. The lowest BCUT2D eigenvalue weighted by Gasteiger charge is -2.55. The van der Waals surface area contributed by atoms with Crippen molar-refractivity contribution in [3.8, 4) is 0 Å². The van der Waals surface area contributed by atoms with E-state index in [2.05, 4.69) is 12.1 Å². The summed E-state index contributed by atoms with van der Waals surface area (Å²) >= 11 is 0. The van der Waals surface area contributed by atoms with Gasteiger partial charge in [0.15, 0.2) is 5.82 Å². The molecule has 0 radical (unpaired) electrons. The first-order valence-electron chi connectivity index (χ1n) is 8.78. The third kappa shape index (κ3) is 2.32. The summed E-state index contributed by atoms with van der Waals surface area (Å²) in [7, 11) is 0. The molecule has 4 heteroatoms. The summed E-state index contributed by atoms with van der Waals surface area (Å²) in [5.41, 5.74) is 6.41. The smallest absolute Gasteiger partial charge is 0.243 e. The molecule has 0 aromatic carbocycles. The zero-order valence-electron chi connectivity index (χ0n) is 13.1. The Morgan fingerprint density at radius 3 is 2.38 bits per heavy atom. The van der Waals surface area contributed by atoms with Gasteiger partial charge < -0.3 is 10.3 Å². The van der Waals surface area contributed by atoms with Crippen molar-refractivity contribution in [2.45, 2.75) is 76.2 Å². The highest BCUT2D eigenvalue weighted by Gasteiger charge is 2.53. The van der Waals surface area contributed by atoms with Gasteiger partial charge >= 0.3 is 0 Å². The number of hydrogen-bond acceptors (Lipinski definition) is 4. The average molecular weight is 289 g/mol. The van der Waals surface area contributed by atoms with E-state index in [0.29, 0.717) is 5.89 Å². The molecule has 0 amide bonds. The molecule has 4 aliphatic carbocycles. The van der Waals surface area contributed by atoms with Crippen LogP contribution in [0.15, 0.2) is 4.52 Å². The second-order valence-corrected chi connectivity index (χ2v) is 7.90. The fraction of sp³-hybridized carbons (Fsp3) is 0.882. The van der Waals surface area contributed by atoms with Crippen LogP contribution in [-0.4, -0.2) is 10.1 Å². The Kier molecular flexibility index (Phi) is 3.32. The Morgan fingerprint density at radius 2 is 1.81 bits per heavy atom. The average Bonchev–Trinajstić information content (AvgIpc) is 2.94. The number of hydrogen-bond donors (Lipinski definition) is 1. The molecule has 4 nitrogen and oxygen atoms in total. The molecule has 1 atom stereocenters. The molecule has 2 N–H and O–H groups in total. The molecule has 5 rings (SSSR count). The Hall–Kier alpha value is -0.900. The topological polar surface area (TPSA) is 64.9 Å². The molecule has 4 saturated carbocycles. The highest BCUT2D eigenvalue weighted by Crippen LogP contribution is 2.60. The van der Waals surface area contributed by atoms with Crippen molar-refractivity contribution >= 4 is 0 Å². The van der Waals surface area contributed by atoms with E-state index in [1.54, 1.807) is 0 Å². The van der Waals surface area contributed by atoms with Gasteiger partial charge in [-0.1, -0.05) is 24.9 Å². The zero-order chi connectivity index (χ0) is 14.4. The second kappa shape index (κ2) is 5.08. The molecular formula is C17H27N3O. The molecule has 21 heavy (non-hydrogen) atoms. The molecule has 4 fully saturated rings. The van der Waals surface area contributed by atoms with Crippen molar-refractivity contribution in [1.29, 1.82) is 0 Å². The summed E-state index contributed by atoms with van der Waals surface area (Å²) in [6.45, 7) is 2.18. The Morgan fingerprint density at radius 1 is 1.19 bits per heavy atom. The van der Waals surface area contributed by atoms with E-state index in [-0.39, 0.29) is 11.5 Å². The van der Waals surface area contributed by atoms with Gasteiger partial charge in [0.25, 0.3) is 0 Å². The van der Waals surface area contributed by atoms with Crippen LogP contribution >= 0.6 is 0 Å². The number of aromatic nitrogens is 2. The van der Waals surface area contributed by atoms with Crippen molar-refractivity contribution in [1.82, 2.24) is 10.1 Å². The van der Waals surface area contributed by atoms with E-state index in [1.165, 1.54) is 38.5 Å². The van der Waals surface area contributed by atoms with E-state index < -0.39 is 0 Å². The Labute approximate surface area is 126 Å². The summed E-state index contributed by atoms with van der Waals surface area (Å²) in [5.74, 6) is 4.36. The lowest BCUT2D eigenvalue weighted by atomic mass is 9.49. The van der Waals surface area contributed by atoms with Crippen LogP contribution in [0.2, 0.25) is 0 Å². The van der Waals surface area contributed by atoms with Crippen LogP contribution in [-0.2, 0) is 5.41 Å². The molecule has 0 spiro atoms. The number of rotatable bonds is 5. The first kappa shape index (κ1) is 13.7. The van der Waals surface area contributed by atoms with Crippen molar-refractivity contribution in [2.24, 2.45) is 23.5 Å². The standard InChI is InChI=1S/C17H27N3O/c1-2-3-4-14(18)15-19-16(20-21-15)17-8-11-5-12(9-17)7-13(6-11)10-17/h11-14H,2-10,18H2,1H3/t11?,12?,13?,14-,17?/m0/s1. The number of nitrogens with zero attached hydrogens (tertiary/aromatic N) is 2. The third-order valence-electron chi connectivity index (χ3n) is 6.14. The van der Waals surface area contributed by atoms with Crippen LogP contribution in [0, 0.1) is 17.8 Å².